The van der Waals surface area contributed by atoms with E-state index in [0.717, 1.165) is 66.0 Å². The molecule has 3 aromatic rings. The van der Waals surface area contributed by atoms with Crippen LogP contribution in [0.2, 0.25) is 5.02 Å². The van der Waals surface area contributed by atoms with Crippen molar-refractivity contribution in [1.82, 2.24) is 25.3 Å². The van der Waals surface area contributed by atoms with Gasteiger partial charge >= 0.3 is 0 Å². The zero-order valence-electron chi connectivity index (χ0n) is 18.1. The number of carbonyl (C=O) groups excluding carboxylic acids is 1. The van der Waals surface area contributed by atoms with Crippen LogP contribution < -0.4 is 10.2 Å². The lowest BCUT2D eigenvalue weighted by atomic mass is 9.96. The van der Waals surface area contributed by atoms with Crippen molar-refractivity contribution in [1.29, 1.82) is 0 Å². The van der Waals surface area contributed by atoms with Gasteiger partial charge in [0.1, 0.15) is 0 Å². The summed E-state index contributed by atoms with van der Waals surface area (Å²) >= 11 is 5.97. The third-order valence-corrected chi connectivity index (χ3v) is 6.15. The number of H-pyrrole nitrogens is 1. The number of piperidine rings is 1. The number of nitrogens with zero attached hydrogens (tertiary/aromatic N) is 4. The maximum atomic E-state index is 12.2. The number of carbonyl (C=O) groups is 1. The fourth-order valence-electron chi connectivity index (χ4n) is 4.07. The fourth-order valence-corrected chi connectivity index (χ4v) is 4.20. The van der Waals surface area contributed by atoms with Gasteiger partial charge < -0.3 is 10.2 Å². The summed E-state index contributed by atoms with van der Waals surface area (Å²) < 4.78 is 1.90. The normalized spacial score (nSPS) is 14.7. The van der Waals surface area contributed by atoms with E-state index in [1.54, 1.807) is 0 Å². The van der Waals surface area contributed by atoms with Crippen LogP contribution in [0.15, 0.2) is 36.4 Å². The molecule has 1 aliphatic heterocycles. The number of rotatable bonds is 7. The van der Waals surface area contributed by atoms with Crippen molar-refractivity contribution in [2.75, 3.05) is 24.5 Å². The van der Waals surface area contributed by atoms with Crippen LogP contribution in [0.1, 0.15) is 30.7 Å². The molecule has 2 aromatic heterocycles. The molecule has 0 aliphatic carbocycles. The summed E-state index contributed by atoms with van der Waals surface area (Å²) in [7, 11) is 0. The largest absolute Gasteiger partial charge is 0.356 e. The average molecular weight is 441 g/mol. The third-order valence-electron chi connectivity index (χ3n) is 5.90. The van der Waals surface area contributed by atoms with E-state index >= 15 is 0 Å². The molecular formula is C23H29ClN6O. The molecule has 0 spiro atoms. The molecule has 0 radical (unpaired) electrons. The van der Waals surface area contributed by atoms with Gasteiger partial charge in [-0.2, -0.15) is 10.2 Å². The second-order valence-electron chi connectivity index (χ2n) is 8.28. The van der Waals surface area contributed by atoms with Crippen LogP contribution in [0.25, 0.3) is 11.3 Å². The Bertz CT molecular complexity index is 1020. The predicted octanol–water partition coefficient (Wildman–Crippen LogP) is 3.97. The Kier molecular flexibility index (Phi) is 6.61. The van der Waals surface area contributed by atoms with Crippen LogP contribution in [0.5, 0.6) is 0 Å². The maximum Gasteiger partial charge on any atom is 0.221 e. The first kappa shape index (κ1) is 21.4. The summed E-state index contributed by atoms with van der Waals surface area (Å²) in [5.41, 5.74) is 4.14. The van der Waals surface area contributed by atoms with E-state index in [4.69, 9.17) is 11.6 Å². The molecule has 8 heteroatoms. The van der Waals surface area contributed by atoms with E-state index in [-0.39, 0.29) is 5.91 Å². The molecule has 31 heavy (non-hydrogen) atoms. The van der Waals surface area contributed by atoms with Crippen LogP contribution >= 0.6 is 11.6 Å². The van der Waals surface area contributed by atoms with Crippen molar-refractivity contribution in [2.24, 2.45) is 5.92 Å². The second-order valence-corrected chi connectivity index (χ2v) is 8.72. The number of aromatic amines is 1. The van der Waals surface area contributed by atoms with Gasteiger partial charge in [-0.1, -0.05) is 23.7 Å². The molecule has 7 nitrogen and oxygen atoms in total. The minimum atomic E-state index is 0.0925. The lowest BCUT2D eigenvalue weighted by Crippen LogP contribution is -2.39. The Morgan fingerprint density at radius 1 is 1.19 bits per heavy atom. The lowest BCUT2D eigenvalue weighted by molar-refractivity contribution is -0.121. The molecule has 2 N–H and O–H groups in total. The minimum absolute atomic E-state index is 0.0925. The lowest BCUT2D eigenvalue weighted by Gasteiger charge is -2.32. The first-order valence-electron chi connectivity index (χ1n) is 10.8. The molecule has 1 aromatic carbocycles. The van der Waals surface area contributed by atoms with Gasteiger partial charge in [0.2, 0.25) is 5.91 Å². The summed E-state index contributed by atoms with van der Waals surface area (Å²) in [6.45, 7) is 7.23. The Hall–Kier alpha value is -2.80. The fraction of sp³-hybridized carbons (Fsp3) is 0.435. The van der Waals surface area contributed by atoms with Crippen molar-refractivity contribution in [3.63, 3.8) is 0 Å². The molecule has 4 rings (SSSR count). The van der Waals surface area contributed by atoms with E-state index < -0.39 is 0 Å². The number of anilines is 1. The van der Waals surface area contributed by atoms with E-state index in [0.29, 0.717) is 18.9 Å². The van der Waals surface area contributed by atoms with Crippen molar-refractivity contribution in [3.8, 4) is 11.3 Å². The van der Waals surface area contributed by atoms with E-state index in [1.807, 2.05) is 48.9 Å². The zero-order valence-corrected chi connectivity index (χ0v) is 18.8. The molecule has 0 saturated carbocycles. The van der Waals surface area contributed by atoms with Crippen LogP contribution in [-0.4, -0.2) is 45.5 Å². The van der Waals surface area contributed by atoms with Crippen LogP contribution in [-0.2, 0) is 11.3 Å². The molecule has 1 amide bonds. The summed E-state index contributed by atoms with van der Waals surface area (Å²) in [4.78, 5) is 14.5. The topological polar surface area (TPSA) is 78.8 Å². The van der Waals surface area contributed by atoms with Gasteiger partial charge in [-0.05, 0) is 56.4 Å². The standard InChI is InChI=1S/C23H29ClN6O/c1-16-13-17(2)30(28-16)12-9-23(31)25-15-18-7-10-29(11-8-18)22-14-21(26-27-22)19-3-5-20(24)6-4-19/h3-6,13-14,18H,7-12,15H2,1-2H3,(H,25,31)(H,26,27). The number of amides is 1. The molecule has 1 fully saturated rings. The van der Waals surface area contributed by atoms with Crippen LogP contribution in [0.3, 0.4) is 0 Å². The zero-order chi connectivity index (χ0) is 21.8. The Balaban J connectivity index is 1.20. The third kappa shape index (κ3) is 5.47. The number of halogens is 1. The average Bonchev–Trinajstić information content (AvgIpc) is 3.38. The van der Waals surface area contributed by atoms with Crippen molar-refractivity contribution < 1.29 is 4.79 Å². The highest BCUT2D eigenvalue weighted by Crippen LogP contribution is 2.26. The van der Waals surface area contributed by atoms with E-state index in [2.05, 4.69) is 31.6 Å². The first-order chi connectivity index (χ1) is 15.0. The highest BCUT2D eigenvalue weighted by atomic mass is 35.5. The summed E-state index contributed by atoms with van der Waals surface area (Å²) in [6.07, 6.45) is 2.54. The maximum absolute atomic E-state index is 12.2. The van der Waals surface area contributed by atoms with Gasteiger partial charge in [-0.15, -0.1) is 0 Å². The van der Waals surface area contributed by atoms with E-state index in [9.17, 15) is 4.79 Å². The highest BCUT2D eigenvalue weighted by Gasteiger charge is 2.21. The monoisotopic (exact) mass is 440 g/mol. The molecule has 164 valence electrons. The Morgan fingerprint density at radius 3 is 2.61 bits per heavy atom. The molecule has 0 bridgehead atoms. The SMILES string of the molecule is Cc1cc(C)n(CCC(=O)NCC2CCN(c3cc(-c4ccc(Cl)cc4)[nH]n3)CC2)n1. The minimum Gasteiger partial charge on any atom is -0.356 e. The Morgan fingerprint density at radius 2 is 1.94 bits per heavy atom. The molecular weight excluding hydrogens is 412 g/mol. The van der Waals surface area contributed by atoms with Crippen molar-refractivity contribution in [2.45, 2.75) is 39.7 Å². The molecule has 1 saturated heterocycles. The number of aromatic nitrogens is 4. The molecule has 0 unspecified atom stereocenters. The number of hydrogen-bond acceptors (Lipinski definition) is 4. The first-order valence-corrected chi connectivity index (χ1v) is 11.2. The summed E-state index contributed by atoms with van der Waals surface area (Å²) in [6, 6.07) is 11.9. The van der Waals surface area contributed by atoms with Gasteiger partial charge in [0, 0.05) is 49.4 Å². The number of nitrogens with one attached hydrogen (secondary N) is 2. The smallest absolute Gasteiger partial charge is 0.221 e. The summed E-state index contributed by atoms with van der Waals surface area (Å²) in [5, 5.41) is 15.9. The predicted molar refractivity (Wildman–Crippen MR) is 123 cm³/mol. The molecule has 1 aliphatic rings. The van der Waals surface area contributed by atoms with Crippen LogP contribution in [0, 0.1) is 19.8 Å². The van der Waals surface area contributed by atoms with Gasteiger partial charge in [0.05, 0.1) is 11.4 Å². The quantitative estimate of drug-likeness (QED) is 0.582. The number of hydrogen-bond donors (Lipinski definition) is 2. The van der Waals surface area contributed by atoms with Gasteiger partial charge in [0.15, 0.2) is 5.82 Å². The molecule has 3 heterocycles. The summed E-state index contributed by atoms with van der Waals surface area (Å²) in [5.74, 6) is 1.57. The van der Waals surface area contributed by atoms with Gasteiger partial charge in [-0.25, -0.2) is 0 Å². The number of benzene rings is 1. The van der Waals surface area contributed by atoms with E-state index in [1.165, 1.54) is 0 Å². The number of aryl methyl sites for hydroxylation is 3. The van der Waals surface area contributed by atoms with Gasteiger partial charge in [0.25, 0.3) is 0 Å². The van der Waals surface area contributed by atoms with Crippen molar-refractivity contribution in [3.05, 3.63) is 52.8 Å². The van der Waals surface area contributed by atoms with Gasteiger partial charge in [-0.3, -0.25) is 14.6 Å². The Labute approximate surface area is 187 Å². The molecule has 0 atom stereocenters. The highest BCUT2D eigenvalue weighted by molar-refractivity contribution is 6.30. The van der Waals surface area contributed by atoms with Crippen LogP contribution in [0.4, 0.5) is 5.82 Å². The second kappa shape index (κ2) is 9.56. The van der Waals surface area contributed by atoms with Crippen molar-refractivity contribution >= 4 is 23.3 Å².